The molecule has 9 nitrogen and oxygen atoms in total. The SMILES string of the molecule is CC(=O)O[C@@H]([C@H]1CCC2=C(C[C@@]3(C)[C@@H]4CC[C@@H]5[C@@H](CC[C@H](O[C@@H]6OC[C@H](O)[C@H](O)[C@H]6O)C5(C)C)C[C@@]4(C)CC[C@]23C)O1)C(C)(C)O. The second kappa shape index (κ2) is 11.7. The van der Waals surface area contributed by atoms with Gasteiger partial charge in [-0.3, -0.25) is 4.79 Å². The molecule has 2 aliphatic heterocycles. The van der Waals surface area contributed by atoms with Crippen molar-refractivity contribution in [3.8, 4) is 0 Å². The van der Waals surface area contributed by atoms with Crippen molar-refractivity contribution in [2.45, 2.75) is 168 Å². The molecule has 262 valence electrons. The number of hydrogen-bond donors (Lipinski definition) is 4. The van der Waals surface area contributed by atoms with Crippen molar-refractivity contribution in [2.75, 3.05) is 6.61 Å². The van der Waals surface area contributed by atoms with Crippen LogP contribution in [0.15, 0.2) is 11.3 Å². The fourth-order valence-electron chi connectivity index (χ4n) is 11.6. The molecule has 0 unspecified atom stereocenters. The van der Waals surface area contributed by atoms with Gasteiger partial charge in [0.15, 0.2) is 12.4 Å². The van der Waals surface area contributed by atoms with Crippen molar-refractivity contribution in [1.29, 1.82) is 0 Å². The molecule has 0 radical (unpaired) electrons. The van der Waals surface area contributed by atoms with Crippen molar-refractivity contribution < 1.29 is 44.2 Å². The number of aliphatic hydroxyl groups is 4. The minimum absolute atomic E-state index is 0.0375. The molecule has 4 aliphatic carbocycles. The molecule has 6 aliphatic rings. The number of carbonyl (C=O) groups is 1. The zero-order valence-corrected chi connectivity index (χ0v) is 29.4. The summed E-state index contributed by atoms with van der Waals surface area (Å²) >= 11 is 0. The molecule has 1 saturated heterocycles. The van der Waals surface area contributed by atoms with Gasteiger partial charge in [-0.2, -0.15) is 0 Å². The summed E-state index contributed by atoms with van der Waals surface area (Å²) in [5.74, 6) is 2.23. The lowest BCUT2D eigenvalue weighted by Gasteiger charge is -2.60. The minimum atomic E-state index is -1.28. The Bertz CT molecular complexity index is 1210. The van der Waals surface area contributed by atoms with E-state index < -0.39 is 42.3 Å². The summed E-state index contributed by atoms with van der Waals surface area (Å²) in [4.78, 5) is 12.0. The minimum Gasteiger partial charge on any atom is -0.491 e. The first-order valence-corrected chi connectivity index (χ1v) is 17.9. The number of ether oxygens (including phenoxy) is 4. The number of aliphatic hydroxyl groups excluding tert-OH is 3. The van der Waals surface area contributed by atoms with Crippen molar-refractivity contribution >= 4 is 5.97 Å². The van der Waals surface area contributed by atoms with Gasteiger partial charge in [-0.25, -0.2) is 0 Å². The molecule has 2 heterocycles. The molecular formula is C37H60O9. The standard InChI is InChI=1S/C37H60O9/c1-20(38)44-31(34(4,5)42)25-12-10-23-26(45-25)18-37(8)27-13-11-22-21(17-35(27,6)15-16-36(23,37)7)9-14-28(33(22,2)3)46-32-30(41)29(40)24(39)19-43-32/h21-22,24-25,27-32,39-42H,9-19H2,1-8H3/t21-,22+,24-,25+,27+,28-,29-,30+,31-,32-,35+,36+,37-/m0/s1. The number of rotatable bonds is 5. The quantitative estimate of drug-likeness (QED) is 0.303. The lowest BCUT2D eigenvalue weighted by molar-refractivity contribution is -0.299. The molecule has 6 rings (SSSR count). The van der Waals surface area contributed by atoms with Gasteiger partial charge in [0.2, 0.25) is 0 Å². The van der Waals surface area contributed by atoms with Gasteiger partial charge in [0.25, 0.3) is 0 Å². The number of fused-ring (bicyclic) bond motifs is 5. The Labute approximate surface area is 275 Å². The maximum absolute atomic E-state index is 12.0. The van der Waals surface area contributed by atoms with E-state index >= 15 is 0 Å². The maximum Gasteiger partial charge on any atom is 0.303 e. The van der Waals surface area contributed by atoms with Crippen LogP contribution in [0.25, 0.3) is 0 Å². The first kappa shape index (κ1) is 34.6. The third kappa shape index (κ3) is 5.47. The Kier molecular flexibility index (Phi) is 8.80. The topological polar surface area (TPSA) is 135 Å². The summed E-state index contributed by atoms with van der Waals surface area (Å²) in [5.41, 5.74) is 0.379. The number of allylic oxidation sites excluding steroid dienone is 2. The fourth-order valence-corrected chi connectivity index (χ4v) is 11.6. The Morgan fingerprint density at radius 1 is 0.978 bits per heavy atom. The summed E-state index contributed by atoms with van der Waals surface area (Å²) in [7, 11) is 0. The summed E-state index contributed by atoms with van der Waals surface area (Å²) < 4.78 is 24.5. The number of esters is 1. The van der Waals surface area contributed by atoms with Crippen LogP contribution in [0.5, 0.6) is 0 Å². The molecule has 0 spiro atoms. The van der Waals surface area contributed by atoms with E-state index in [1.54, 1.807) is 13.8 Å². The summed E-state index contributed by atoms with van der Waals surface area (Å²) in [5, 5.41) is 41.7. The highest BCUT2D eigenvalue weighted by Crippen LogP contribution is 2.73. The van der Waals surface area contributed by atoms with Crippen LogP contribution in [0, 0.1) is 39.4 Å². The molecule has 4 N–H and O–H groups in total. The van der Waals surface area contributed by atoms with Crippen LogP contribution in [0.1, 0.15) is 120 Å². The van der Waals surface area contributed by atoms with Gasteiger partial charge in [0.05, 0.1) is 24.1 Å². The highest BCUT2D eigenvalue weighted by molar-refractivity contribution is 5.66. The van der Waals surface area contributed by atoms with E-state index in [0.717, 1.165) is 57.1 Å². The highest BCUT2D eigenvalue weighted by atomic mass is 16.7. The van der Waals surface area contributed by atoms with E-state index in [1.807, 2.05) is 0 Å². The van der Waals surface area contributed by atoms with Crippen molar-refractivity contribution in [3.05, 3.63) is 11.3 Å². The second-order valence-corrected chi connectivity index (χ2v) is 17.8. The van der Waals surface area contributed by atoms with Gasteiger partial charge in [-0.1, -0.05) is 34.6 Å². The third-order valence-corrected chi connectivity index (χ3v) is 14.3. The van der Waals surface area contributed by atoms with E-state index in [2.05, 4.69) is 34.6 Å². The van der Waals surface area contributed by atoms with Crippen LogP contribution in [-0.4, -0.2) is 81.5 Å². The van der Waals surface area contributed by atoms with Crippen LogP contribution < -0.4 is 0 Å². The Balaban J connectivity index is 1.21. The summed E-state index contributed by atoms with van der Waals surface area (Å²) in [6.45, 7) is 16.9. The molecule has 4 fully saturated rings. The molecule has 0 amide bonds. The lowest BCUT2D eigenvalue weighted by atomic mass is 9.44. The van der Waals surface area contributed by atoms with Gasteiger partial charge in [0, 0.05) is 13.3 Å². The predicted molar refractivity (Wildman–Crippen MR) is 171 cm³/mol. The molecule has 9 heteroatoms. The molecular weight excluding hydrogens is 588 g/mol. The number of hydrogen-bond acceptors (Lipinski definition) is 9. The largest absolute Gasteiger partial charge is 0.491 e. The smallest absolute Gasteiger partial charge is 0.303 e. The zero-order chi connectivity index (χ0) is 33.6. The van der Waals surface area contributed by atoms with Gasteiger partial charge in [-0.05, 0) is 117 Å². The first-order valence-electron chi connectivity index (χ1n) is 17.9. The summed E-state index contributed by atoms with van der Waals surface area (Å²) in [6, 6.07) is 0. The molecule has 0 aromatic carbocycles. The van der Waals surface area contributed by atoms with Gasteiger partial charge >= 0.3 is 5.97 Å². The molecule has 0 aromatic heterocycles. The second-order valence-electron chi connectivity index (χ2n) is 17.8. The molecule has 0 aromatic rings. The summed E-state index contributed by atoms with van der Waals surface area (Å²) in [6.07, 6.45) is 4.41. The third-order valence-electron chi connectivity index (χ3n) is 14.3. The van der Waals surface area contributed by atoms with E-state index in [9.17, 15) is 25.2 Å². The van der Waals surface area contributed by atoms with E-state index in [4.69, 9.17) is 18.9 Å². The molecule has 0 bridgehead atoms. The Morgan fingerprint density at radius 3 is 2.37 bits per heavy atom. The van der Waals surface area contributed by atoms with Gasteiger partial charge in [-0.15, -0.1) is 0 Å². The van der Waals surface area contributed by atoms with Gasteiger partial charge < -0.3 is 39.4 Å². The number of carbonyl (C=O) groups excluding carboxylic acids is 1. The normalized spacial score (nSPS) is 47.8. The van der Waals surface area contributed by atoms with E-state index in [-0.39, 0.29) is 40.5 Å². The van der Waals surface area contributed by atoms with Crippen LogP contribution in [-0.2, 0) is 23.7 Å². The van der Waals surface area contributed by atoms with Crippen molar-refractivity contribution in [3.63, 3.8) is 0 Å². The zero-order valence-electron chi connectivity index (χ0n) is 29.4. The fraction of sp³-hybridized carbons (Fsp3) is 0.919. The van der Waals surface area contributed by atoms with Crippen LogP contribution in [0.3, 0.4) is 0 Å². The lowest BCUT2D eigenvalue weighted by Crippen LogP contribution is -2.56. The average molecular weight is 649 g/mol. The molecule has 46 heavy (non-hydrogen) atoms. The average Bonchev–Trinajstić information content (AvgIpc) is 3.07. The van der Waals surface area contributed by atoms with Crippen molar-refractivity contribution in [1.82, 2.24) is 0 Å². The monoisotopic (exact) mass is 648 g/mol. The first-order chi connectivity index (χ1) is 21.3. The Morgan fingerprint density at radius 2 is 1.70 bits per heavy atom. The predicted octanol–water partition coefficient (Wildman–Crippen LogP) is 5.02. The molecule has 13 atom stereocenters. The maximum atomic E-state index is 12.0. The van der Waals surface area contributed by atoms with E-state index in [0.29, 0.717) is 17.8 Å². The van der Waals surface area contributed by atoms with Crippen LogP contribution in [0.2, 0.25) is 0 Å². The van der Waals surface area contributed by atoms with E-state index in [1.165, 1.54) is 25.3 Å². The van der Waals surface area contributed by atoms with Gasteiger partial charge in [0.1, 0.15) is 24.4 Å². The van der Waals surface area contributed by atoms with Crippen LogP contribution >= 0.6 is 0 Å². The van der Waals surface area contributed by atoms with Crippen molar-refractivity contribution in [2.24, 2.45) is 39.4 Å². The molecule has 3 saturated carbocycles. The van der Waals surface area contributed by atoms with Crippen LogP contribution in [0.4, 0.5) is 0 Å². The Hall–Kier alpha value is -1.23. The highest BCUT2D eigenvalue weighted by Gasteiger charge is 2.66.